The lowest BCUT2D eigenvalue weighted by Crippen LogP contribution is -2.35. The van der Waals surface area contributed by atoms with Gasteiger partial charge >= 0.3 is 6.18 Å². The van der Waals surface area contributed by atoms with Crippen molar-refractivity contribution in [1.82, 2.24) is 19.5 Å². The molecule has 5 rings (SSSR count). The summed E-state index contributed by atoms with van der Waals surface area (Å²) in [6.07, 6.45) is 3.38. The molecule has 1 fully saturated rings. The normalized spacial score (nSPS) is 15.5. The van der Waals surface area contributed by atoms with Crippen LogP contribution in [0.5, 0.6) is 0 Å². The van der Waals surface area contributed by atoms with Gasteiger partial charge in [0, 0.05) is 43.5 Å². The Bertz CT molecular complexity index is 1330. The van der Waals surface area contributed by atoms with Gasteiger partial charge in [-0.1, -0.05) is 38.1 Å². The first-order chi connectivity index (χ1) is 16.7. The van der Waals surface area contributed by atoms with Crippen LogP contribution in [0.1, 0.15) is 49.4 Å². The number of imidazole rings is 1. The van der Waals surface area contributed by atoms with Crippen molar-refractivity contribution in [1.29, 1.82) is 0 Å². The molecular formula is C27H30F3N5. The molecule has 3 aromatic heterocycles. The van der Waals surface area contributed by atoms with Crippen molar-refractivity contribution < 1.29 is 13.2 Å². The number of hydrogen-bond donors (Lipinski definition) is 1. The molecule has 0 aliphatic carbocycles. The average molecular weight is 482 g/mol. The van der Waals surface area contributed by atoms with Crippen LogP contribution in [0.4, 0.5) is 19.1 Å². The minimum absolute atomic E-state index is 0.391. The van der Waals surface area contributed by atoms with Gasteiger partial charge in [-0.05, 0) is 48.3 Å². The van der Waals surface area contributed by atoms with Crippen LogP contribution in [0.15, 0.2) is 48.9 Å². The fourth-order valence-corrected chi connectivity index (χ4v) is 5.16. The highest BCUT2D eigenvalue weighted by molar-refractivity contribution is 5.86. The number of rotatable bonds is 5. The highest BCUT2D eigenvalue weighted by Gasteiger charge is 2.35. The quantitative estimate of drug-likeness (QED) is 0.351. The zero-order valence-electron chi connectivity index (χ0n) is 20.2. The molecule has 1 N–H and O–H groups in total. The molecule has 0 bridgehead atoms. The third-order valence-corrected chi connectivity index (χ3v) is 7.06. The third kappa shape index (κ3) is 4.66. The molecule has 1 saturated heterocycles. The van der Waals surface area contributed by atoms with Gasteiger partial charge in [-0.2, -0.15) is 13.2 Å². The molecule has 0 spiro atoms. The molecule has 4 heterocycles. The lowest BCUT2D eigenvalue weighted by Gasteiger charge is -2.32. The van der Waals surface area contributed by atoms with Gasteiger partial charge in [0.1, 0.15) is 0 Å². The maximum atomic E-state index is 13.0. The summed E-state index contributed by atoms with van der Waals surface area (Å²) in [4.78, 5) is 13.9. The Hall–Kier alpha value is -3.29. The molecule has 35 heavy (non-hydrogen) atoms. The standard InChI is InChI=1S/C27H30F3N5/c1-17(2)20-6-4-5-7-21(20)23-13-22-19(14-31-24(22)15-32-23)12-18-8-10-35(11-9-18)26-33-25(16-34(26)3)27(28,29)30/h4-7,13-18,31H,8-12H2,1-3H3. The topological polar surface area (TPSA) is 49.7 Å². The number of fused-ring (bicyclic) bond motifs is 1. The minimum atomic E-state index is -4.42. The fourth-order valence-electron chi connectivity index (χ4n) is 5.16. The van der Waals surface area contributed by atoms with Gasteiger partial charge in [0.15, 0.2) is 5.69 Å². The Morgan fingerprint density at radius 2 is 1.89 bits per heavy atom. The van der Waals surface area contributed by atoms with Crippen molar-refractivity contribution in [3.8, 4) is 11.3 Å². The van der Waals surface area contributed by atoms with Crippen molar-refractivity contribution in [3.63, 3.8) is 0 Å². The summed E-state index contributed by atoms with van der Waals surface area (Å²) in [5, 5.41) is 1.19. The number of pyridine rings is 1. The van der Waals surface area contributed by atoms with Crippen LogP contribution in [0.25, 0.3) is 22.2 Å². The van der Waals surface area contributed by atoms with E-state index in [0.717, 1.165) is 42.2 Å². The predicted octanol–water partition coefficient (Wildman–Crippen LogP) is 6.56. The number of nitrogens with zero attached hydrogens (tertiary/aromatic N) is 4. The summed E-state index contributed by atoms with van der Waals surface area (Å²) in [5.41, 5.74) is 4.88. The van der Waals surface area contributed by atoms with E-state index in [1.54, 1.807) is 7.05 Å². The number of benzene rings is 1. The van der Waals surface area contributed by atoms with E-state index in [4.69, 9.17) is 4.98 Å². The first-order valence-corrected chi connectivity index (χ1v) is 12.1. The maximum absolute atomic E-state index is 13.0. The molecule has 0 atom stereocenters. The first kappa shape index (κ1) is 23.5. The van der Waals surface area contributed by atoms with Crippen LogP contribution in [0.2, 0.25) is 0 Å². The van der Waals surface area contributed by atoms with Crippen molar-refractivity contribution >= 4 is 16.9 Å². The molecule has 0 amide bonds. The number of nitrogens with one attached hydrogen (secondary N) is 1. The van der Waals surface area contributed by atoms with E-state index in [0.29, 0.717) is 30.9 Å². The monoisotopic (exact) mass is 481 g/mol. The first-order valence-electron chi connectivity index (χ1n) is 12.1. The second-order valence-electron chi connectivity index (χ2n) is 9.84. The van der Waals surface area contributed by atoms with Gasteiger partial charge < -0.3 is 14.5 Å². The largest absolute Gasteiger partial charge is 0.434 e. The summed E-state index contributed by atoms with van der Waals surface area (Å²) < 4.78 is 40.6. The van der Waals surface area contributed by atoms with Crippen LogP contribution in [0.3, 0.4) is 0 Å². The van der Waals surface area contributed by atoms with Crippen LogP contribution in [0, 0.1) is 5.92 Å². The molecule has 1 aliphatic rings. The molecule has 8 heteroatoms. The van der Waals surface area contributed by atoms with Gasteiger partial charge in [-0.25, -0.2) is 4.98 Å². The Kier molecular flexibility index (Phi) is 6.07. The molecule has 1 aromatic carbocycles. The lowest BCUT2D eigenvalue weighted by molar-refractivity contribution is -0.140. The number of hydrogen-bond acceptors (Lipinski definition) is 3. The molecule has 4 aromatic rings. The molecule has 0 saturated carbocycles. The van der Waals surface area contributed by atoms with Crippen molar-refractivity contribution in [2.75, 3.05) is 18.0 Å². The number of alkyl halides is 3. The van der Waals surface area contributed by atoms with Crippen LogP contribution >= 0.6 is 0 Å². The minimum Gasteiger partial charge on any atom is -0.360 e. The van der Waals surface area contributed by atoms with Gasteiger partial charge in [-0.3, -0.25) is 4.98 Å². The predicted molar refractivity (Wildman–Crippen MR) is 132 cm³/mol. The van der Waals surface area contributed by atoms with E-state index < -0.39 is 11.9 Å². The van der Waals surface area contributed by atoms with Crippen molar-refractivity contribution in [3.05, 3.63) is 65.7 Å². The summed E-state index contributed by atoms with van der Waals surface area (Å²) in [7, 11) is 1.62. The molecular weight excluding hydrogens is 451 g/mol. The third-order valence-electron chi connectivity index (χ3n) is 7.06. The van der Waals surface area contributed by atoms with Gasteiger partial charge in [0.25, 0.3) is 0 Å². The average Bonchev–Trinajstić information content (AvgIpc) is 3.43. The van der Waals surface area contributed by atoms with E-state index in [1.807, 2.05) is 11.1 Å². The Balaban J connectivity index is 1.32. The van der Waals surface area contributed by atoms with E-state index in [-0.39, 0.29) is 0 Å². The summed E-state index contributed by atoms with van der Waals surface area (Å²) in [6.45, 7) is 5.79. The highest BCUT2D eigenvalue weighted by Crippen LogP contribution is 2.34. The fraction of sp³-hybridized carbons (Fsp3) is 0.407. The molecule has 5 nitrogen and oxygen atoms in total. The summed E-state index contributed by atoms with van der Waals surface area (Å²) in [6, 6.07) is 10.6. The van der Waals surface area contributed by atoms with Gasteiger partial charge in [-0.15, -0.1) is 0 Å². The highest BCUT2D eigenvalue weighted by atomic mass is 19.4. The number of piperidine rings is 1. The number of aromatic nitrogens is 4. The number of aryl methyl sites for hydroxylation is 1. The molecule has 184 valence electrons. The van der Waals surface area contributed by atoms with E-state index in [9.17, 15) is 13.2 Å². The van der Waals surface area contributed by atoms with Gasteiger partial charge in [0.05, 0.1) is 17.4 Å². The van der Waals surface area contributed by atoms with E-state index in [1.165, 1.54) is 21.1 Å². The second-order valence-corrected chi connectivity index (χ2v) is 9.84. The Labute approximate surface area is 203 Å². The summed E-state index contributed by atoms with van der Waals surface area (Å²) >= 11 is 0. The van der Waals surface area contributed by atoms with E-state index in [2.05, 4.69) is 60.3 Å². The second kappa shape index (κ2) is 9.06. The molecule has 0 radical (unpaired) electrons. The molecule has 0 unspecified atom stereocenters. The Morgan fingerprint density at radius 3 is 2.57 bits per heavy atom. The van der Waals surface area contributed by atoms with Crippen LogP contribution in [-0.2, 0) is 19.6 Å². The number of aromatic amines is 1. The number of anilines is 1. The zero-order chi connectivity index (χ0) is 24.7. The van der Waals surface area contributed by atoms with Gasteiger partial charge in [0.2, 0.25) is 5.95 Å². The van der Waals surface area contributed by atoms with Crippen molar-refractivity contribution in [2.45, 2.75) is 45.2 Å². The lowest BCUT2D eigenvalue weighted by atomic mass is 9.89. The zero-order valence-corrected chi connectivity index (χ0v) is 20.2. The summed E-state index contributed by atoms with van der Waals surface area (Å²) in [5.74, 6) is 1.26. The number of halogens is 3. The smallest absolute Gasteiger partial charge is 0.360 e. The maximum Gasteiger partial charge on any atom is 0.434 e. The Morgan fingerprint density at radius 1 is 1.14 bits per heavy atom. The van der Waals surface area contributed by atoms with E-state index >= 15 is 0 Å². The van der Waals surface area contributed by atoms with Crippen LogP contribution in [-0.4, -0.2) is 32.6 Å². The van der Waals surface area contributed by atoms with Crippen LogP contribution < -0.4 is 4.90 Å². The number of H-pyrrole nitrogens is 1. The molecule has 1 aliphatic heterocycles. The SMILES string of the molecule is CC(C)c1ccccc1-c1cc2c(CC3CCN(c4nc(C(F)(F)F)cn4C)CC3)c[nH]c2cn1. The van der Waals surface area contributed by atoms with Crippen molar-refractivity contribution in [2.24, 2.45) is 13.0 Å².